The summed E-state index contributed by atoms with van der Waals surface area (Å²) in [6.45, 7) is 2.24. The summed E-state index contributed by atoms with van der Waals surface area (Å²) in [6.07, 6.45) is 17.0. The zero-order valence-corrected chi connectivity index (χ0v) is 19.0. The summed E-state index contributed by atoms with van der Waals surface area (Å²) in [6, 6.07) is 6.80. The van der Waals surface area contributed by atoms with Crippen LogP contribution in [0.15, 0.2) is 18.2 Å². The maximum Gasteiger partial charge on any atom is 0.303 e. The van der Waals surface area contributed by atoms with Crippen molar-refractivity contribution in [1.29, 1.82) is 0 Å². The normalized spacial score (nSPS) is 11.0. The van der Waals surface area contributed by atoms with E-state index in [-0.39, 0.29) is 0 Å². The van der Waals surface area contributed by atoms with Gasteiger partial charge in [-0.3, -0.25) is 9.59 Å². The average Bonchev–Trinajstić information content (AvgIpc) is 2.71. The van der Waals surface area contributed by atoms with E-state index < -0.39 is 11.9 Å². The van der Waals surface area contributed by atoms with Crippen LogP contribution in [0.25, 0.3) is 0 Å². The molecular formula is C26H42O4. The molecule has 0 heterocycles. The highest BCUT2D eigenvalue weighted by Gasteiger charge is 2.09. The summed E-state index contributed by atoms with van der Waals surface area (Å²) in [5.74, 6) is -1.38. The number of carboxylic acids is 2. The number of hydrogen-bond acceptors (Lipinski definition) is 2. The Morgan fingerprint density at radius 1 is 0.633 bits per heavy atom. The van der Waals surface area contributed by atoms with Crippen molar-refractivity contribution in [3.63, 3.8) is 0 Å². The number of hydrogen-bond donors (Lipinski definition) is 2. The Morgan fingerprint density at radius 3 is 1.57 bits per heavy atom. The first-order chi connectivity index (χ1) is 14.5. The van der Waals surface area contributed by atoms with Gasteiger partial charge in [-0.2, -0.15) is 0 Å². The molecule has 0 saturated heterocycles. The Balaban J connectivity index is 2.46. The zero-order chi connectivity index (χ0) is 22.0. The monoisotopic (exact) mass is 418 g/mol. The van der Waals surface area contributed by atoms with Gasteiger partial charge in [-0.1, -0.05) is 70.1 Å². The van der Waals surface area contributed by atoms with Crippen LogP contribution >= 0.6 is 0 Å². The third-order valence-electron chi connectivity index (χ3n) is 5.82. The van der Waals surface area contributed by atoms with Crippen LogP contribution in [0.2, 0.25) is 0 Å². The highest BCUT2D eigenvalue weighted by Crippen LogP contribution is 2.23. The molecule has 0 fully saturated rings. The van der Waals surface area contributed by atoms with E-state index in [9.17, 15) is 9.59 Å². The molecule has 0 radical (unpaired) electrons. The average molecular weight is 419 g/mol. The van der Waals surface area contributed by atoms with E-state index in [0.29, 0.717) is 12.8 Å². The van der Waals surface area contributed by atoms with Crippen LogP contribution in [0.4, 0.5) is 0 Å². The fourth-order valence-electron chi connectivity index (χ4n) is 4.07. The molecule has 1 aromatic rings. The first kappa shape index (κ1) is 26.2. The molecule has 0 bridgehead atoms. The Morgan fingerprint density at radius 2 is 1.07 bits per heavy atom. The fraction of sp³-hybridized carbons (Fsp3) is 0.692. The molecule has 0 unspecified atom stereocenters. The van der Waals surface area contributed by atoms with Crippen molar-refractivity contribution in [2.75, 3.05) is 0 Å². The molecular weight excluding hydrogens is 376 g/mol. The van der Waals surface area contributed by atoms with Crippen LogP contribution in [0, 0.1) is 0 Å². The number of carbonyl (C=O) groups is 2. The second-order valence-corrected chi connectivity index (χ2v) is 8.48. The van der Waals surface area contributed by atoms with Crippen molar-refractivity contribution in [3.8, 4) is 0 Å². The number of carboxylic acid groups (broad SMARTS) is 2. The predicted molar refractivity (Wildman–Crippen MR) is 123 cm³/mol. The Labute approximate surface area is 183 Å². The van der Waals surface area contributed by atoms with Gasteiger partial charge in [0, 0.05) is 12.8 Å². The van der Waals surface area contributed by atoms with Crippen LogP contribution in [0.5, 0.6) is 0 Å². The van der Waals surface area contributed by atoms with Gasteiger partial charge in [0.2, 0.25) is 0 Å². The van der Waals surface area contributed by atoms with Gasteiger partial charge in [0.1, 0.15) is 0 Å². The lowest BCUT2D eigenvalue weighted by Gasteiger charge is -2.15. The van der Waals surface area contributed by atoms with E-state index in [1.807, 2.05) is 0 Å². The lowest BCUT2D eigenvalue weighted by molar-refractivity contribution is -0.138. The van der Waals surface area contributed by atoms with E-state index >= 15 is 0 Å². The summed E-state index contributed by atoms with van der Waals surface area (Å²) in [4.78, 5) is 21.2. The van der Waals surface area contributed by atoms with Crippen molar-refractivity contribution >= 4 is 11.9 Å². The third-order valence-corrected chi connectivity index (χ3v) is 5.82. The van der Waals surface area contributed by atoms with Gasteiger partial charge in [0.25, 0.3) is 0 Å². The second kappa shape index (κ2) is 16.9. The third kappa shape index (κ3) is 12.7. The molecule has 170 valence electrons. The van der Waals surface area contributed by atoms with Gasteiger partial charge in [-0.15, -0.1) is 0 Å². The number of rotatable bonds is 19. The van der Waals surface area contributed by atoms with Crippen LogP contribution in [0.1, 0.15) is 114 Å². The lowest BCUT2D eigenvalue weighted by atomic mass is 9.90. The predicted octanol–water partition coefficient (Wildman–Crippen LogP) is 6.96. The van der Waals surface area contributed by atoms with Crippen LogP contribution in [-0.2, 0) is 28.9 Å². The van der Waals surface area contributed by atoms with Gasteiger partial charge < -0.3 is 10.2 Å². The summed E-state index contributed by atoms with van der Waals surface area (Å²) < 4.78 is 0. The smallest absolute Gasteiger partial charge is 0.303 e. The van der Waals surface area contributed by atoms with Crippen molar-refractivity contribution in [3.05, 3.63) is 34.9 Å². The summed E-state index contributed by atoms with van der Waals surface area (Å²) in [5, 5.41) is 17.4. The minimum absolute atomic E-state index is 0.292. The van der Waals surface area contributed by atoms with Gasteiger partial charge in [-0.25, -0.2) is 0 Å². The number of benzene rings is 1. The van der Waals surface area contributed by atoms with E-state index in [4.69, 9.17) is 10.2 Å². The Hall–Kier alpha value is -1.84. The van der Waals surface area contributed by atoms with Crippen LogP contribution in [-0.4, -0.2) is 22.2 Å². The molecule has 0 amide bonds. The standard InChI is InChI=1S/C26H42O4/c1-2-3-15-22-17-14-18-23(16-10-6-4-8-12-20-25(27)28)24(22)19-11-7-5-9-13-21-26(29)30/h14,17-18H,2-13,15-16,19-21H2,1H3,(H,27,28)(H,29,30). The maximum atomic E-state index is 10.6. The summed E-state index contributed by atoms with van der Waals surface area (Å²) >= 11 is 0. The van der Waals surface area contributed by atoms with E-state index in [1.54, 1.807) is 5.56 Å². The molecule has 0 aromatic heterocycles. The summed E-state index contributed by atoms with van der Waals surface area (Å²) in [7, 11) is 0. The molecule has 2 N–H and O–H groups in total. The molecule has 30 heavy (non-hydrogen) atoms. The molecule has 0 aliphatic heterocycles. The first-order valence-electron chi connectivity index (χ1n) is 12.1. The molecule has 0 saturated carbocycles. The number of aliphatic carboxylic acids is 2. The Kier molecular flexibility index (Phi) is 14.8. The summed E-state index contributed by atoms with van der Waals surface area (Å²) in [5.41, 5.74) is 4.57. The highest BCUT2D eigenvalue weighted by atomic mass is 16.4. The first-order valence-corrected chi connectivity index (χ1v) is 12.1. The number of unbranched alkanes of at least 4 members (excludes halogenated alkanes) is 9. The molecule has 1 aromatic carbocycles. The topological polar surface area (TPSA) is 74.6 Å². The van der Waals surface area contributed by atoms with Gasteiger partial charge in [0.15, 0.2) is 0 Å². The SMILES string of the molecule is CCCCc1cccc(CCCCCCCC(=O)O)c1CCCCCCCC(=O)O. The maximum absolute atomic E-state index is 10.6. The van der Waals surface area contributed by atoms with Crippen molar-refractivity contribution < 1.29 is 19.8 Å². The van der Waals surface area contributed by atoms with E-state index in [2.05, 4.69) is 25.1 Å². The van der Waals surface area contributed by atoms with Gasteiger partial charge in [-0.05, 0) is 68.1 Å². The highest BCUT2D eigenvalue weighted by molar-refractivity contribution is 5.66. The van der Waals surface area contributed by atoms with Crippen molar-refractivity contribution in [2.45, 2.75) is 116 Å². The molecule has 0 aliphatic carbocycles. The van der Waals surface area contributed by atoms with Crippen LogP contribution < -0.4 is 0 Å². The van der Waals surface area contributed by atoms with Crippen molar-refractivity contribution in [1.82, 2.24) is 0 Å². The quantitative estimate of drug-likeness (QED) is 0.238. The molecule has 1 rings (SSSR count). The fourth-order valence-corrected chi connectivity index (χ4v) is 4.07. The molecule has 0 aliphatic rings. The van der Waals surface area contributed by atoms with E-state index in [1.165, 1.54) is 49.7 Å². The largest absolute Gasteiger partial charge is 0.481 e. The Bertz CT molecular complexity index is 609. The lowest BCUT2D eigenvalue weighted by Crippen LogP contribution is -2.02. The van der Waals surface area contributed by atoms with Gasteiger partial charge in [0.05, 0.1) is 0 Å². The zero-order valence-electron chi connectivity index (χ0n) is 19.0. The van der Waals surface area contributed by atoms with E-state index in [0.717, 1.165) is 57.8 Å². The van der Waals surface area contributed by atoms with Gasteiger partial charge >= 0.3 is 11.9 Å². The minimum Gasteiger partial charge on any atom is -0.481 e. The molecule has 4 heteroatoms. The second-order valence-electron chi connectivity index (χ2n) is 8.48. The van der Waals surface area contributed by atoms with Crippen LogP contribution in [0.3, 0.4) is 0 Å². The van der Waals surface area contributed by atoms with Crippen molar-refractivity contribution in [2.24, 2.45) is 0 Å². The molecule has 4 nitrogen and oxygen atoms in total. The molecule has 0 atom stereocenters. The molecule has 0 spiro atoms. The minimum atomic E-state index is -0.689. The number of aryl methyl sites for hydroxylation is 2.